The van der Waals surface area contributed by atoms with Crippen molar-refractivity contribution in [2.45, 2.75) is 18.2 Å². The molecule has 4 aromatic rings. The van der Waals surface area contributed by atoms with Crippen LogP contribution in [0.1, 0.15) is 23.1 Å². The lowest BCUT2D eigenvalue weighted by Crippen LogP contribution is -1.90. The molecule has 0 aliphatic rings. The Morgan fingerprint density at radius 3 is 2.00 bits per heavy atom. The van der Waals surface area contributed by atoms with Crippen molar-refractivity contribution < 1.29 is 0 Å². The van der Waals surface area contributed by atoms with Crippen LogP contribution >= 0.6 is 27.5 Å². The second-order valence-electron chi connectivity index (χ2n) is 5.98. The Labute approximate surface area is 167 Å². The second-order valence-corrected chi connectivity index (χ2v) is 7.73. The first kappa shape index (κ1) is 18.8. The summed E-state index contributed by atoms with van der Waals surface area (Å²) in [5.74, 6) is 0.630. The average molecular weight is 428 g/mol. The first-order valence-electron chi connectivity index (χ1n) is 8.58. The largest absolute Gasteiger partial charge is 0.253 e. The van der Waals surface area contributed by atoms with Gasteiger partial charge in [-0.15, -0.1) is 11.6 Å². The summed E-state index contributed by atoms with van der Waals surface area (Å²) in [6, 6.07) is 24.5. The molecule has 0 amide bonds. The van der Waals surface area contributed by atoms with Gasteiger partial charge in [0.1, 0.15) is 0 Å². The molecule has 2 heterocycles. The number of aryl methyl sites for hydroxylation is 1. The molecule has 0 saturated heterocycles. The third kappa shape index (κ3) is 4.80. The molecule has 132 valence electrons. The fourth-order valence-electron chi connectivity index (χ4n) is 2.65. The van der Waals surface area contributed by atoms with E-state index >= 15 is 0 Å². The van der Waals surface area contributed by atoms with Crippen LogP contribution in [0.2, 0.25) is 0 Å². The normalized spacial score (nSPS) is 11.8. The number of hydrogen-bond acceptors (Lipinski definition) is 2. The number of aromatic nitrogens is 2. The zero-order chi connectivity index (χ0) is 18.4. The van der Waals surface area contributed by atoms with Crippen LogP contribution in [0, 0.1) is 0 Å². The Kier molecular flexibility index (Phi) is 6.59. The molecule has 1 atom stereocenters. The van der Waals surface area contributed by atoms with Gasteiger partial charge in [-0.05, 0) is 31.2 Å². The molecule has 2 aromatic heterocycles. The van der Waals surface area contributed by atoms with Crippen molar-refractivity contribution >= 4 is 49.3 Å². The predicted octanol–water partition coefficient (Wildman–Crippen LogP) is 6.71. The first-order chi connectivity index (χ1) is 12.7. The van der Waals surface area contributed by atoms with Gasteiger partial charge in [0.15, 0.2) is 0 Å². The molecule has 0 radical (unpaired) electrons. The molecule has 2 nitrogen and oxygen atoms in total. The number of halogens is 2. The molecule has 0 aliphatic carbocycles. The quantitative estimate of drug-likeness (QED) is 0.340. The van der Waals surface area contributed by atoms with Crippen molar-refractivity contribution in [2.75, 3.05) is 5.88 Å². The minimum absolute atomic E-state index is 0.317. The molecule has 0 aliphatic heterocycles. The minimum atomic E-state index is 0.317. The second kappa shape index (κ2) is 9.11. The van der Waals surface area contributed by atoms with Crippen molar-refractivity contribution in [3.05, 3.63) is 84.2 Å². The highest BCUT2D eigenvalue weighted by Gasteiger charge is 2.02. The maximum atomic E-state index is 5.65. The topological polar surface area (TPSA) is 25.8 Å². The highest BCUT2D eigenvalue weighted by atomic mass is 79.9. The van der Waals surface area contributed by atoms with E-state index in [1.54, 1.807) is 0 Å². The summed E-state index contributed by atoms with van der Waals surface area (Å²) in [5, 5.41) is 2.38. The van der Waals surface area contributed by atoms with Crippen LogP contribution in [0.15, 0.2) is 72.8 Å². The van der Waals surface area contributed by atoms with E-state index in [1.807, 2.05) is 42.5 Å². The third-order valence-corrected chi connectivity index (χ3v) is 4.69. The standard InChI is InChI=1S/C11H10BrN.C11H10ClN/c1-8(12)10-7-6-9-4-2-3-5-11(9)13-10;12-8-7-10-6-5-9-3-1-2-4-11(9)13-10/h2-8H,1H3;1-6H,7-8H2. The number of pyridine rings is 2. The van der Waals surface area contributed by atoms with E-state index < -0.39 is 0 Å². The number of rotatable bonds is 3. The monoisotopic (exact) mass is 426 g/mol. The minimum Gasteiger partial charge on any atom is -0.253 e. The Balaban J connectivity index is 0.000000151. The summed E-state index contributed by atoms with van der Waals surface area (Å²) in [5.41, 5.74) is 4.25. The molecule has 4 heteroatoms. The molecule has 0 fully saturated rings. The lowest BCUT2D eigenvalue weighted by atomic mass is 10.2. The number of nitrogens with zero attached hydrogens (tertiary/aromatic N) is 2. The van der Waals surface area contributed by atoms with Gasteiger partial charge in [-0.3, -0.25) is 9.97 Å². The van der Waals surface area contributed by atoms with Gasteiger partial charge in [0.2, 0.25) is 0 Å². The van der Waals surface area contributed by atoms with Gasteiger partial charge in [-0.2, -0.15) is 0 Å². The lowest BCUT2D eigenvalue weighted by molar-refractivity contribution is 1.04. The van der Waals surface area contributed by atoms with Crippen LogP contribution in [-0.2, 0) is 6.42 Å². The van der Waals surface area contributed by atoms with Crippen molar-refractivity contribution in [3.8, 4) is 0 Å². The zero-order valence-electron chi connectivity index (χ0n) is 14.6. The third-order valence-electron chi connectivity index (χ3n) is 4.03. The van der Waals surface area contributed by atoms with Crippen molar-refractivity contribution in [3.63, 3.8) is 0 Å². The van der Waals surface area contributed by atoms with Gasteiger partial charge in [-0.25, -0.2) is 0 Å². The highest BCUT2D eigenvalue weighted by Crippen LogP contribution is 2.22. The molecular formula is C22H20BrClN2. The Bertz CT molecular complexity index is 1000. The summed E-state index contributed by atoms with van der Waals surface area (Å²) in [6.07, 6.45) is 0.840. The van der Waals surface area contributed by atoms with Crippen LogP contribution in [0.5, 0.6) is 0 Å². The number of fused-ring (bicyclic) bond motifs is 2. The SMILES string of the molecule is CC(Br)c1ccc2ccccc2n1.ClCCc1ccc2ccccc2n1. The summed E-state index contributed by atoms with van der Waals surface area (Å²) >= 11 is 9.15. The van der Waals surface area contributed by atoms with Crippen LogP contribution in [-0.4, -0.2) is 15.8 Å². The maximum Gasteiger partial charge on any atom is 0.0705 e. The molecule has 0 N–H and O–H groups in total. The van der Waals surface area contributed by atoms with Gasteiger partial charge in [-0.1, -0.05) is 64.5 Å². The van der Waals surface area contributed by atoms with E-state index in [0.29, 0.717) is 10.7 Å². The molecule has 4 rings (SSSR count). The fraction of sp³-hybridized carbons (Fsp3) is 0.182. The van der Waals surface area contributed by atoms with Crippen molar-refractivity contribution in [2.24, 2.45) is 0 Å². The molecule has 0 saturated carbocycles. The molecule has 2 aromatic carbocycles. The molecule has 0 bridgehead atoms. The Morgan fingerprint density at radius 1 is 0.808 bits per heavy atom. The predicted molar refractivity (Wildman–Crippen MR) is 115 cm³/mol. The summed E-state index contributed by atoms with van der Waals surface area (Å²) in [7, 11) is 0. The zero-order valence-corrected chi connectivity index (χ0v) is 16.9. The van der Waals surface area contributed by atoms with E-state index in [-0.39, 0.29) is 0 Å². The Hall–Kier alpha value is -1.97. The van der Waals surface area contributed by atoms with E-state index in [2.05, 4.69) is 63.2 Å². The van der Waals surface area contributed by atoms with Gasteiger partial charge in [0.25, 0.3) is 0 Å². The maximum absolute atomic E-state index is 5.65. The highest BCUT2D eigenvalue weighted by molar-refractivity contribution is 9.09. The van der Waals surface area contributed by atoms with Gasteiger partial charge in [0, 0.05) is 28.8 Å². The number of hydrogen-bond donors (Lipinski definition) is 0. The molecule has 0 spiro atoms. The number of alkyl halides is 2. The van der Waals surface area contributed by atoms with E-state index in [9.17, 15) is 0 Å². The molecule has 26 heavy (non-hydrogen) atoms. The van der Waals surface area contributed by atoms with Gasteiger partial charge in [0.05, 0.1) is 21.6 Å². The van der Waals surface area contributed by atoms with E-state index in [1.165, 1.54) is 10.8 Å². The van der Waals surface area contributed by atoms with Gasteiger partial charge >= 0.3 is 0 Å². The summed E-state index contributed by atoms with van der Waals surface area (Å²) < 4.78 is 0. The fourth-order valence-corrected chi connectivity index (χ4v) is 3.10. The average Bonchev–Trinajstić information content (AvgIpc) is 2.68. The number of benzene rings is 2. The summed E-state index contributed by atoms with van der Waals surface area (Å²) in [6.45, 7) is 2.08. The van der Waals surface area contributed by atoms with Crippen molar-refractivity contribution in [1.82, 2.24) is 9.97 Å². The van der Waals surface area contributed by atoms with Crippen LogP contribution in [0.4, 0.5) is 0 Å². The van der Waals surface area contributed by atoms with Crippen LogP contribution in [0.25, 0.3) is 21.8 Å². The van der Waals surface area contributed by atoms with Gasteiger partial charge < -0.3 is 0 Å². The smallest absolute Gasteiger partial charge is 0.0705 e. The lowest BCUT2D eigenvalue weighted by Gasteiger charge is -2.03. The summed E-state index contributed by atoms with van der Waals surface area (Å²) in [4.78, 5) is 9.33. The molecule has 1 unspecified atom stereocenters. The van der Waals surface area contributed by atoms with E-state index in [0.717, 1.165) is 28.8 Å². The first-order valence-corrected chi connectivity index (χ1v) is 10.0. The number of para-hydroxylation sites is 2. The molecular weight excluding hydrogens is 408 g/mol. The van der Waals surface area contributed by atoms with Crippen LogP contribution < -0.4 is 0 Å². The Morgan fingerprint density at radius 2 is 1.38 bits per heavy atom. The van der Waals surface area contributed by atoms with Crippen LogP contribution in [0.3, 0.4) is 0 Å². The van der Waals surface area contributed by atoms with E-state index in [4.69, 9.17) is 11.6 Å². The van der Waals surface area contributed by atoms with Crippen molar-refractivity contribution in [1.29, 1.82) is 0 Å².